The van der Waals surface area contributed by atoms with Crippen molar-refractivity contribution in [2.75, 3.05) is 12.3 Å². The van der Waals surface area contributed by atoms with Crippen molar-refractivity contribution in [1.29, 1.82) is 0 Å². The number of benzene rings is 1. The molecule has 0 aromatic heterocycles. The fourth-order valence-corrected chi connectivity index (χ4v) is 2.57. The molecule has 106 valence electrons. The second-order valence-corrected chi connectivity index (χ2v) is 6.01. The van der Waals surface area contributed by atoms with Crippen LogP contribution in [0.1, 0.15) is 18.4 Å². The summed E-state index contributed by atoms with van der Waals surface area (Å²) in [6, 6.07) is 5.81. The number of carbonyl (C=O) groups is 1. The van der Waals surface area contributed by atoms with E-state index in [2.05, 4.69) is 4.72 Å². The van der Waals surface area contributed by atoms with Gasteiger partial charge in [-0.3, -0.25) is 4.79 Å². The molecule has 0 aliphatic rings. The predicted octanol–water partition coefficient (Wildman–Crippen LogP) is 1.15. The van der Waals surface area contributed by atoms with Gasteiger partial charge in [-0.1, -0.05) is 12.1 Å². The van der Waals surface area contributed by atoms with Crippen LogP contribution in [0.5, 0.6) is 0 Å². The van der Waals surface area contributed by atoms with E-state index in [0.29, 0.717) is 6.42 Å². The molecule has 0 saturated heterocycles. The SMILES string of the molecule is O=C(O)CCCS(=O)(=O)NCCc1ccc(F)cc1. The van der Waals surface area contributed by atoms with E-state index in [1.54, 1.807) is 12.1 Å². The van der Waals surface area contributed by atoms with E-state index in [-0.39, 0.29) is 31.0 Å². The number of aliphatic carboxylic acids is 1. The first-order chi connectivity index (χ1) is 8.89. The Morgan fingerprint density at radius 3 is 2.47 bits per heavy atom. The molecular weight excluding hydrogens is 273 g/mol. The number of sulfonamides is 1. The van der Waals surface area contributed by atoms with Crippen molar-refractivity contribution in [3.8, 4) is 0 Å². The van der Waals surface area contributed by atoms with E-state index in [9.17, 15) is 17.6 Å². The highest BCUT2D eigenvalue weighted by Gasteiger charge is 2.10. The monoisotopic (exact) mass is 289 g/mol. The first-order valence-electron chi connectivity index (χ1n) is 5.82. The molecule has 1 aromatic carbocycles. The summed E-state index contributed by atoms with van der Waals surface area (Å²) in [6.45, 7) is 0.209. The summed E-state index contributed by atoms with van der Waals surface area (Å²) in [4.78, 5) is 10.3. The Hall–Kier alpha value is -1.47. The van der Waals surface area contributed by atoms with Crippen LogP contribution in [0, 0.1) is 5.82 Å². The fraction of sp³-hybridized carbons (Fsp3) is 0.417. The molecule has 2 N–H and O–H groups in total. The number of hydrogen-bond acceptors (Lipinski definition) is 3. The van der Waals surface area contributed by atoms with Crippen LogP contribution in [0.2, 0.25) is 0 Å². The number of hydrogen-bond donors (Lipinski definition) is 2. The van der Waals surface area contributed by atoms with Crippen LogP contribution in [0.3, 0.4) is 0 Å². The first kappa shape index (κ1) is 15.6. The molecule has 0 aliphatic carbocycles. The lowest BCUT2D eigenvalue weighted by Gasteiger charge is -2.06. The maximum atomic E-state index is 12.6. The zero-order valence-electron chi connectivity index (χ0n) is 10.3. The smallest absolute Gasteiger partial charge is 0.303 e. The van der Waals surface area contributed by atoms with Crippen LogP contribution in [0.15, 0.2) is 24.3 Å². The minimum Gasteiger partial charge on any atom is -0.481 e. The summed E-state index contributed by atoms with van der Waals surface area (Å²) in [5.41, 5.74) is 0.828. The highest BCUT2D eigenvalue weighted by Crippen LogP contribution is 2.03. The van der Waals surface area contributed by atoms with Crippen molar-refractivity contribution in [3.05, 3.63) is 35.6 Å². The Labute approximate surface area is 111 Å². The number of carboxylic acid groups (broad SMARTS) is 1. The third-order valence-corrected chi connectivity index (χ3v) is 3.92. The molecule has 0 spiro atoms. The van der Waals surface area contributed by atoms with Gasteiger partial charge in [0.2, 0.25) is 10.0 Å². The molecule has 0 heterocycles. The molecule has 0 radical (unpaired) electrons. The first-order valence-corrected chi connectivity index (χ1v) is 7.48. The van der Waals surface area contributed by atoms with Gasteiger partial charge in [0, 0.05) is 13.0 Å². The quantitative estimate of drug-likeness (QED) is 0.752. The van der Waals surface area contributed by atoms with Gasteiger partial charge in [-0.2, -0.15) is 0 Å². The topological polar surface area (TPSA) is 83.5 Å². The third-order valence-electron chi connectivity index (χ3n) is 2.45. The average Bonchev–Trinajstić information content (AvgIpc) is 2.30. The van der Waals surface area contributed by atoms with Crippen LogP contribution in [0.25, 0.3) is 0 Å². The lowest BCUT2D eigenvalue weighted by Crippen LogP contribution is -2.28. The van der Waals surface area contributed by atoms with Crippen LogP contribution in [0.4, 0.5) is 4.39 Å². The minimum absolute atomic E-state index is 0.0845. The second kappa shape index (κ2) is 7.20. The van der Waals surface area contributed by atoms with E-state index >= 15 is 0 Å². The second-order valence-electron chi connectivity index (χ2n) is 4.09. The van der Waals surface area contributed by atoms with Gasteiger partial charge in [0.1, 0.15) is 5.82 Å². The molecule has 0 bridgehead atoms. The van der Waals surface area contributed by atoms with Crippen LogP contribution in [-0.2, 0) is 21.2 Å². The highest BCUT2D eigenvalue weighted by molar-refractivity contribution is 7.89. The number of halogens is 1. The summed E-state index contributed by atoms with van der Waals surface area (Å²) in [6.07, 6.45) is 0.374. The van der Waals surface area contributed by atoms with E-state index in [4.69, 9.17) is 5.11 Å². The van der Waals surface area contributed by atoms with Gasteiger partial charge >= 0.3 is 5.97 Å². The average molecular weight is 289 g/mol. The van der Waals surface area contributed by atoms with Crippen molar-refractivity contribution in [2.45, 2.75) is 19.3 Å². The molecule has 0 atom stereocenters. The van der Waals surface area contributed by atoms with Crippen LogP contribution < -0.4 is 4.72 Å². The number of nitrogens with one attached hydrogen (secondary N) is 1. The Morgan fingerprint density at radius 1 is 1.26 bits per heavy atom. The Bertz CT molecular complexity index is 513. The van der Waals surface area contributed by atoms with Gasteiger partial charge in [0.25, 0.3) is 0 Å². The van der Waals surface area contributed by atoms with Crippen LogP contribution in [-0.4, -0.2) is 31.8 Å². The highest BCUT2D eigenvalue weighted by atomic mass is 32.2. The maximum absolute atomic E-state index is 12.6. The van der Waals surface area contributed by atoms with Gasteiger partial charge < -0.3 is 5.11 Å². The summed E-state index contributed by atoms with van der Waals surface area (Å²) in [5, 5.41) is 8.41. The summed E-state index contributed by atoms with van der Waals surface area (Å²) in [5.74, 6) is -1.55. The molecular formula is C12H16FNO4S. The van der Waals surface area contributed by atoms with Crippen molar-refractivity contribution >= 4 is 16.0 Å². The molecule has 1 aromatic rings. The molecule has 0 saturated carbocycles. The summed E-state index contributed by atoms with van der Waals surface area (Å²) in [7, 11) is -3.44. The van der Waals surface area contributed by atoms with Crippen molar-refractivity contribution in [3.63, 3.8) is 0 Å². The van der Waals surface area contributed by atoms with Crippen molar-refractivity contribution in [2.24, 2.45) is 0 Å². The maximum Gasteiger partial charge on any atom is 0.303 e. The number of carboxylic acids is 1. The fourth-order valence-electron chi connectivity index (χ4n) is 1.49. The van der Waals surface area contributed by atoms with Gasteiger partial charge in [0.15, 0.2) is 0 Å². The number of rotatable bonds is 8. The molecule has 0 unspecified atom stereocenters. The molecule has 1 rings (SSSR count). The predicted molar refractivity (Wildman–Crippen MR) is 68.8 cm³/mol. The molecule has 0 amide bonds. The van der Waals surface area contributed by atoms with Gasteiger partial charge in [0.05, 0.1) is 5.75 Å². The third kappa shape index (κ3) is 6.88. The standard InChI is InChI=1S/C12H16FNO4S/c13-11-5-3-10(4-6-11)7-8-14-19(17,18)9-1-2-12(15)16/h3-6,14H,1-2,7-9H2,(H,15,16). The van der Waals surface area contributed by atoms with E-state index in [1.807, 2.05) is 0 Å². The van der Waals surface area contributed by atoms with Gasteiger partial charge in [-0.05, 0) is 30.5 Å². The van der Waals surface area contributed by atoms with E-state index in [1.165, 1.54) is 12.1 Å². The molecule has 7 heteroatoms. The van der Waals surface area contributed by atoms with Crippen molar-refractivity contribution < 1.29 is 22.7 Å². The zero-order valence-corrected chi connectivity index (χ0v) is 11.1. The molecule has 5 nitrogen and oxygen atoms in total. The zero-order chi connectivity index (χ0) is 14.3. The normalized spacial score (nSPS) is 11.4. The van der Waals surface area contributed by atoms with Gasteiger partial charge in [-0.25, -0.2) is 17.5 Å². The Kier molecular flexibility index (Phi) is 5.91. The van der Waals surface area contributed by atoms with Crippen molar-refractivity contribution in [1.82, 2.24) is 4.72 Å². The van der Waals surface area contributed by atoms with E-state index < -0.39 is 16.0 Å². The Balaban J connectivity index is 2.31. The molecule has 19 heavy (non-hydrogen) atoms. The summed E-state index contributed by atoms with van der Waals surface area (Å²) < 4.78 is 38.0. The Morgan fingerprint density at radius 2 is 1.89 bits per heavy atom. The van der Waals surface area contributed by atoms with Crippen LogP contribution >= 0.6 is 0 Å². The van der Waals surface area contributed by atoms with Gasteiger partial charge in [-0.15, -0.1) is 0 Å². The molecule has 0 fully saturated rings. The lowest BCUT2D eigenvalue weighted by atomic mass is 10.1. The largest absolute Gasteiger partial charge is 0.481 e. The summed E-state index contributed by atoms with van der Waals surface area (Å²) >= 11 is 0. The molecule has 0 aliphatic heterocycles. The minimum atomic E-state index is -3.44. The van der Waals surface area contributed by atoms with E-state index in [0.717, 1.165) is 5.56 Å². The lowest BCUT2D eigenvalue weighted by molar-refractivity contribution is -0.137.